The molecule has 2 aliphatic heterocycles. The van der Waals surface area contributed by atoms with E-state index >= 15 is 0 Å². The van der Waals surface area contributed by atoms with Crippen LogP contribution in [-0.4, -0.2) is 89.1 Å². The van der Waals surface area contributed by atoms with Crippen molar-refractivity contribution in [2.45, 2.75) is 12.2 Å². The first-order chi connectivity index (χ1) is 9.28. The van der Waals surface area contributed by atoms with Crippen LogP contribution in [0.1, 0.15) is 0 Å². The van der Waals surface area contributed by atoms with Crippen molar-refractivity contribution in [2.75, 3.05) is 66.3 Å². The molecule has 9 heteroatoms. The molecule has 7 nitrogen and oxygen atoms in total. The van der Waals surface area contributed by atoms with E-state index in [1.165, 1.54) is 0 Å². The summed E-state index contributed by atoms with van der Waals surface area (Å²) in [4.78, 5) is 0. The van der Waals surface area contributed by atoms with Crippen LogP contribution < -0.4 is 29.6 Å². The van der Waals surface area contributed by atoms with Gasteiger partial charge in [0, 0.05) is 14.2 Å². The molecule has 0 aromatic rings. The van der Waals surface area contributed by atoms with E-state index in [2.05, 4.69) is 4.74 Å². The van der Waals surface area contributed by atoms with Gasteiger partial charge in [0.2, 0.25) is 0 Å². The molecule has 0 radical (unpaired) electrons. The summed E-state index contributed by atoms with van der Waals surface area (Å²) in [5.74, 6) is 0.667. The average Bonchev–Trinajstić information content (AvgIpc) is 3.32. The Morgan fingerprint density at radius 3 is 1.81 bits per heavy atom. The van der Waals surface area contributed by atoms with Gasteiger partial charge in [-0.2, -0.15) is 0 Å². The minimum atomic E-state index is 0. The van der Waals surface area contributed by atoms with Crippen LogP contribution in [0.2, 0.25) is 0 Å². The van der Waals surface area contributed by atoms with Crippen LogP contribution in [0.15, 0.2) is 0 Å². The predicted octanol–water partition coefficient (Wildman–Crippen LogP) is -2.88. The largest absolute Gasteiger partial charge is 1.00 e. The fourth-order valence-corrected chi connectivity index (χ4v) is 0.948. The third kappa shape index (κ3) is 26.2. The summed E-state index contributed by atoms with van der Waals surface area (Å²) in [6.45, 7) is 4.39. The third-order valence-electron chi connectivity index (χ3n) is 2.01. The molecule has 124 valence electrons. The number of aliphatic hydroxyl groups excluding tert-OH is 1. The van der Waals surface area contributed by atoms with Crippen molar-refractivity contribution in [3.05, 3.63) is 0 Å². The predicted molar refractivity (Wildman–Crippen MR) is 73.8 cm³/mol. The van der Waals surface area contributed by atoms with E-state index in [-0.39, 0.29) is 41.6 Å². The quantitative estimate of drug-likeness (QED) is 0.219. The second-order valence-corrected chi connectivity index (χ2v) is 4.16. The van der Waals surface area contributed by atoms with E-state index in [0.717, 1.165) is 19.8 Å². The second kappa shape index (κ2) is 21.0. The van der Waals surface area contributed by atoms with E-state index in [0.29, 0.717) is 37.9 Å². The SMILES string of the molecule is COCCO.COCCOCC1CO1.ClCC1CO1.[Na+].[OH-]. The maximum absolute atomic E-state index is 7.94. The average molecular weight is 341 g/mol. The molecule has 2 aliphatic rings. The molecular weight excluding hydrogens is 315 g/mol. The Labute approximate surface area is 153 Å². The van der Waals surface area contributed by atoms with E-state index in [4.69, 9.17) is 35.7 Å². The Balaban J connectivity index is -0.000000236. The summed E-state index contributed by atoms with van der Waals surface area (Å²) in [7, 11) is 3.22. The van der Waals surface area contributed by atoms with Crippen molar-refractivity contribution in [1.82, 2.24) is 0 Å². The van der Waals surface area contributed by atoms with Gasteiger partial charge in [-0.1, -0.05) is 0 Å². The van der Waals surface area contributed by atoms with Gasteiger partial charge in [-0.15, -0.1) is 11.6 Å². The van der Waals surface area contributed by atoms with Gasteiger partial charge in [0.15, 0.2) is 0 Å². The Hall–Kier alpha value is 1.01. The van der Waals surface area contributed by atoms with Crippen LogP contribution in [0.3, 0.4) is 0 Å². The van der Waals surface area contributed by atoms with Gasteiger partial charge < -0.3 is 34.3 Å². The topological polar surface area (TPSA) is 103 Å². The molecule has 0 bridgehead atoms. The van der Waals surface area contributed by atoms with Crippen LogP contribution in [0.25, 0.3) is 0 Å². The summed E-state index contributed by atoms with van der Waals surface area (Å²) in [5, 5.41) is 7.94. The number of halogens is 1. The van der Waals surface area contributed by atoms with Gasteiger partial charge in [-0.25, -0.2) is 0 Å². The van der Waals surface area contributed by atoms with Crippen molar-refractivity contribution < 1.29 is 63.8 Å². The number of methoxy groups -OCH3 is 2. The number of alkyl halides is 1. The maximum atomic E-state index is 7.94. The van der Waals surface area contributed by atoms with Crippen molar-refractivity contribution >= 4 is 11.6 Å². The van der Waals surface area contributed by atoms with Gasteiger partial charge in [-0.3, -0.25) is 0 Å². The zero-order valence-corrected chi connectivity index (χ0v) is 15.9. The molecule has 0 saturated carbocycles. The monoisotopic (exact) mass is 340 g/mol. The molecular formula is C12H26ClNaO7. The molecule has 2 saturated heterocycles. The molecule has 21 heavy (non-hydrogen) atoms. The molecule has 0 amide bonds. The summed E-state index contributed by atoms with van der Waals surface area (Å²) in [6, 6.07) is 0. The van der Waals surface area contributed by atoms with Crippen LogP contribution >= 0.6 is 11.6 Å². The van der Waals surface area contributed by atoms with Crippen molar-refractivity contribution in [2.24, 2.45) is 0 Å². The summed E-state index contributed by atoms with van der Waals surface area (Å²) >= 11 is 5.27. The van der Waals surface area contributed by atoms with Crippen molar-refractivity contribution in [3.8, 4) is 0 Å². The molecule has 0 aromatic heterocycles. The standard InChI is InChI=1S/C6H12O3.C3H5ClO.C3H8O2.Na.H2O/c1-7-2-3-8-4-6-5-9-6;4-1-3-2-5-3;1-5-3-2-4;;/h6H,2-5H2,1H3;3H,1-2H2;4H,2-3H2,1H3;;1H2/q;;;+1;/p-1. The summed E-state index contributed by atoms with van der Waals surface area (Å²) < 4.78 is 24.0. The van der Waals surface area contributed by atoms with Gasteiger partial charge in [0.25, 0.3) is 0 Å². The Kier molecular flexibility index (Phi) is 26.9. The van der Waals surface area contributed by atoms with E-state index in [1.807, 2.05) is 0 Å². The molecule has 2 fully saturated rings. The third-order valence-corrected chi connectivity index (χ3v) is 2.35. The Morgan fingerprint density at radius 1 is 1.05 bits per heavy atom. The maximum Gasteiger partial charge on any atom is 1.00 e. The van der Waals surface area contributed by atoms with Crippen molar-refractivity contribution in [1.29, 1.82) is 0 Å². The van der Waals surface area contributed by atoms with Crippen LogP contribution in [0.4, 0.5) is 0 Å². The second-order valence-electron chi connectivity index (χ2n) is 3.85. The molecule has 2 heterocycles. The smallest absolute Gasteiger partial charge is 0.870 e. The van der Waals surface area contributed by atoms with Gasteiger partial charge in [0.1, 0.15) is 6.10 Å². The van der Waals surface area contributed by atoms with Gasteiger partial charge >= 0.3 is 29.6 Å². The first kappa shape index (κ1) is 26.9. The van der Waals surface area contributed by atoms with E-state index in [1.54, 1.807) is 14.2 Å². The van der Waals surface area contributed by atoms with Crippen LogP contribution in [0, 0.1) is 0 Å². The van der Waals surface area contributed by atoms with Crippen LogP contribution in [0.5, 0.6) is 0 Å². The minimum absolute atomic E-state index is 0. The molecule has 2 atom stereocenters. The molecule has 0 aliphatic carbocycles. The number of hydrogen-bond donors (Lipinski definition) is 1. The van der Waals surface area contributed by atoms with Gasteiger partial charge in [-0.05, 0) is 0 Å². The molecule has 2 rings (SSSR count). The number of ether oxygens (including phenoxy) is 5. The Morgan fingerprint density at radius 2 is 1.57 bits per heavy atom. The molecule has 0 aromatic carbocycles. The van der Waals surface area contributed by atoms with Crippen LogP contribution in [-0.2, 0) is 23.7 Å². The molecule has 2 unspecified atom stereocenters. The normalized spacial score (nSPS) is 20.6. The number of aliphatic hydroxyl groups is 1. The fourth-order valence-electron chi connectivity index (χ4n) is 0.770. The summed E-state index contributed by atoms with van der Waals surface area (Å²) in [6.07, 6.45) is 0.776. The zero-order chi connectivity index (χ0) is 14.3. The Bertz CT molecular complexity index is 181. The van der Waals surface area contributed by atoms with Crippen molar-refractivity contribution in [3.63, 3.8) is 0 Å². The minimum Gasteiger partial charge on any atom is -0.870 e. The van der Waals surface area contributed by atoms with E-state index in [9.17, 15) is 0 Å². The first-order valence-electron chi connectivity index (χ1n) is 6.24. The molecule has 0 spiro atoms. The van der Waals surface area contributed by atoms with E-state index < -0.39 is 0 Å². The number of hydrogen-bond acceptors (Lipinski definition) is 7. The number of epoxide rings is 2. The van der Waals surface area contributed by atoms with Gasteiger partial charge in [0.05, 0.1) is 58.2 Å². The fraction of sp³-hybridized carbons (Fsp3) is 1.00. The summed E-state index contributed by atoms with van der Waals surface area (Å²) in [5.41, 5.74) is 0. The first-order valence-corrected chi connectivity index (χ1v) is 6.77. The zero-order valence-electron chi connectivity index (χ0n) is 13.1. The molecule has 2 N–H and O–H groups in total. The number of rotatable bonds is 8.